The van der Waals surface area contributed by atoms with E-state index in [9.17, 15) is 4.39 Å². The molecular weight excluding hydrogens is 286 g/mol. The first-order chi connectivity index (χ1) is 9.10. The van der Waals surface area contributed by atoms with Crippen LogP contribution in [0.15, 0.2) is 42.5 Å². The Balaban J connectivity index is 2.22. The highest BCUT2D eigenvalue weighted by Gasteiger charge is 2.12. The van der Waals surface area contributed by atoms with Crippen LogP contribution in [0.2, 0.25) is 10.0 Å². The van der Waals surface area contributed by atoms with Gasteiger partial charge in [-0.2, -0.15) is 0 Å². The van der Waals surface area contributed by atoms with Crippen molar-refractivity contribution in [2.45, 2.75) is 12.5 Å². The molecule has 0 aliphatic carbocycles. The standard InChI is InChI=1S/C14H13Cl2FN2/c15-11-3-1-2-9(6-11)7-14(19-18)10-4-5-13(17)12(16)8-10/h1-6,8,14,19H,7,18H2. The molecule has 1 atom stereocenters. The maximum atomic E-state index is 13.1. The third-order valence-corrected chi connectivity index (χ3v) is 3.40. The number of hydrogen-bond acceptors (Lipinski definition) is 2. The Kier molecular flexibility index (Phi) is 4.77. The fourth-order valence-electron chi connectivity index (χ4n) is 1.90. The van der Waals surface area contributed by atoms with Crippen molar-refractivity contribution in [2.24, 2.45) is 5.84 Å². The Morgan fingerprint density at radius 3 is 2.58 bits per heavy atom. The summed E-state index contributed by atoms with van der Waals surface area (Å²) in [5, 5.41) is 0.759. The monoisotopic (exact) mass is 298 g/mol. The van der Waals surface area contributed by atoms with Gasteiger partial charge in [0.05, 0.1) is 11.1 Å². The maximum absolute atomic E-state index is 13.1. The van der Waals surface area contributed by atoms with E-state index in [0.717, 1.165) is 11.1 Å². The number of nitrogens with one attached hydrogen (secondary N) is 1. The van der Waals surface area contributed by atoms with E-state index >= 15 is 0 Å². The van der Waals surface area contributed by atoms with E-state index in [0.29, 0.717) is 11.4 Å². The second kappa shape index (κ2) is 6.35. The summed E-state index contributed by atoms with van der Waals surface area (Å²) in [5.74, 6) is 5.12. The van der Waals surface area contributed by atoms with Crippen LogP contribution < -0.4 is 11.3 Å². The topological polar surface area (TPSA) is 38.0 Å². The summed E-state index contributed by atoms with van der Waals surface area (Å²) in [7, 11) is 0. The van der Waals surface area contributed by atoms with Crippen molar-refractivity contribution in [1.29, 1.82) is 0 Å². The van der Waals surface area contributed by atoms with Crippen molar-refractivity contribution in [1.82, 2.24) is 5.43 Å². The highest BCUT2D eigenvalue weighted by atomic mass is 35.5. The predicted molar refractivity (Wildman–Crippen MR) is 76.6 cm³/mol. The lowest BCUT2D eigenvalue weighted by Gasteiger charge is -2.17. The van der Waals surface area contributed by atoms with Gasteiger partial charge < -0.3 is 0 Å². The van der Waals surface area contributed by atoms with Gasteiger partial charge in [-0.05, 0) is 41.8 Å². The first-order valence-corrected chi connectivity index (χ1v) is 6.51. The lowest BCUT2D eigenvalue weighted by Crippen LogP contribution is -2.29. The van der Waals surface area contributed by atoms with Gasteiger partial charge in [0.15, 0.2) is 0 Å². The molecule has 1 unspecified atom stereocenters. The van der Waals surface area contributed by atoms with Crippen molar-refractivity contribution in [3.8, 4) is 0 Å². The maximum Gasteiger partial charge on any atom is 0.141 e. The molecule has 0 heterocycles. The molecule has 0 fully saturated rings. The molecule has 0 spiro atoms. The molecule has 3 N–H and O–H groups in total. The van der Waals surface area contributed by atoms with E-state index in [1.54, 1.807) is 12.1 Å². The minimum absolute atomic E-state index is 0.0869. The van der Waals surface area contributed by atoms with E-state index in [1.165, 1.54) is 6.07 Å². The first-order valence-electron chi connectivity index (χ1n) is 5.75. The zero-order chi connectivity index (χ0) is 13.8. The van der Waals surface area contributed by atoms with Crippen LogP contribution in [0, 0.1) is 5.82 Å². The molecule has 2 aromatic carbocycles. The molecule has 0 aliphatic rings. The molecule has 0 aliphatic heterocycles. The van der Waals surface area contributed by atoms with Gasteiger partial charge in [-0.3, -0.25) is 11.3 Å². The molecule has 0 aromatic heterocycles. The Morgan fingerprint density at radius 2 is 1.95 bits per heavy atom. The highest BCUT2D eigenvalue weighted by molar-refractivity contribution is 6.31. The molecule has 2 nitrogen and oxygen atoms in total. The van der Waals surface area contributed by atoms with Crippen LogP contribution >= 0.6 is 23.2 Å². The predicted octanol–water partition coefficient (Wildman–Crippen LogP) is 3.88. The van der Waals surface area contributed by atoms with Gasteiger partial charge in [0, 0.05) is 5.02 Å². The van der Waals surface area contributed by atoms with E-state index in [-0.39, 0.29) is 11.1 Å². The summed E-state index contributed by atoms with van der Waals surface area (Å²) in [4.78, 5) is 0. The molecule has 19 heavy (non-hydrogen) atoms. The van der Waals surface area contributed by atoms with Gasteiger partial charge in [-0.15, -0.1) is 0 Å². The molecular formula is C14H13Cl2FN2. The van der Waals surface area contributed by atoms with Gasteiger partial charge in [0.1, 0.15) is 5.82 Å². The van der Waals surface area contributed by atoms with Crippen LogP contribution in [0.3, 0.4) is 0 Å². The number of rotatable bonds is 4. The normalized spacial score (nSPS) is 12.4. The number of benzene rings is 2. The zero-order valence-electron chi connectivity index (χ0n) is 10.0. The molecule has 0 saturated carbocycles. The van der Waals surface area contributed by atoms with Gasteiger partial charge in [-0.1, -0.05) is 41.4 Å². The fourth-order valence-corrected chi connectivity index (χ4v) is 2.30. The number of nitrogens with two attached hydrogens (primary N) is 1. The Morgan fingerprint density at radius 1 is 1.16 bits per heavy atom. The zero-order valence-corrected chi connectivity index (χ0v) is 11.5. The molecule has 0 bridgehead atoms. The molecule has 2 rings (SSSR count). The van der Waals surface area contributed by atoms with Gasteiger partial charge in [-0.25, -0.2) is 4.39 Å². The van der Waals surface area contributed by atoms with Crippen molar-refractivity contribution in [3.05, 3.63) is 69.5 Å². The molecule has 0 radical (unpaired) electrons. The Labute approximate surface area is 121 Å². The highest BCUT2D eigenvalue weighted by Crippen LogP contribution is 2.24. The molecule has 0 amide bonds. The minimum atomic E-state index is -0.441. The van der Waals surface area contributed by atoms with E-state index in [2.05, 4.69) is 5.43 Å². The Bertz CT molecular complexity index is 575. The molecule has 5 heteroatoms. The number of hydrogen-bond donors (Lipinski definition) is 2. The summed E-state index contributed by atoms with van der Waals surface area (Å²) >= 11 is 11.7. The molecule has 2 aromatic rings. The van der Waals surface area contributed by atoms with E-state index in [4.69, 9.17) is 29.0 Å². The van der Waals surface area contributed by atoms with Gasteiger partial charge in [0.25, 0.3) is 0 Å². The quantitative estimate of drug-likeness (QED) is 0.664. The SMILES string of the molecule is NNC(Cc1cccc(Cl)c1)c1ccc(F)c(Cl)c1. The van der Waals surface area contributed by atoms with Crippen LogP contribution in [0.1, 0.15) is 17.2 Å². The number of halogens is 3. The van der Waals surface area contributed by atoms with Crippen molar-refractivity contribution in [3.63, 3.8) is 0 Å². The van der Waals surface area contributed by atoms with Gasteiger partial charge >= 0.3 is 0 Å². The lowest BCUT2D eigenvalue weighted by molar-refractivity contribution is 0.549. The van der Waals surface area contributed by atoms with Crippen LogP contribution in [0.25, 0.3) is 0 Å². The van der Waals surface area contributed by atoms with Crippen molar-refractivity contribution in [2.75, 3.05) is 0 Å². The second-order valence-corrected chi connectivity index (χ2v) is 5.07. The number of hydrazine groups is 1. The van der Waals surface area contributed by atoms with Crippen LogP contribution in [0.5, 0.6) is 0 Å². The third kappa shape index (κ3) is 3.67. The third-order valence-electron chi connectivity index (χ3n) is 2.88. The molecule has 100 valence electrons. The fraction of sp³-hybridized carbons (Fsp3) is 0.143. The van der Waals surface area contributed by atoms with Gasteiger partial charge in [0.2, 0.25) is 0 Å². The van der Waals surface area contributed by atoms with E-state index < -0.39 is 5.82 Å². The average Bonchev–Trinajstić information content (AvgIpc) is 2.39. The summed E-state index contributed by atoms with van der Waals surface area (Å²) in [6.45, 7) is 0. The Hall–Kier alpha value is -1.13. The molecule has 0 saturated heterocycles. The average molecular weight is 299 g/mol. The van der Waals surface area contributed by atoms with E-state index in [1.807, 2.05) is 24.3 Å². The van der Waals surface area contributed by atoms with Crippen molar-refractivity contribution >= 4 is 23.2 Å². The van der Waals surface area contributed by atoms with Crippen molar-refractivity contribution < 1.29 is 4.39 Å². The summed E-state index contributed by atoms with van der Waals surface area (Å²) < 4.78 is 13.1. The lowest BCUT2D eigenvalue weighted by atomic mass is 9.99. The summed E-state index contributed by atoms with van der Waals surface area (Å²) in [6.07, 6.45) is 0.638. The second-order valence-electron chi connectivity index (χ2n) is 4.23. The van der Waals surface area contributed by atoms with Crippen LogP contribution in [-0.4, -0.2) is 0 Å². The minimum Gasteiger partial charge on any atom is -0.271 e. The summed E-state index contributed by atoms with van der Waals surface area (Å²) in [5.41, 5.74) is 4.57. The summed E-state index contributed by atoms with van der Waals surface area (Å²) in [6, 6.07) is 11.9. The smallest absolute Gasteiger partial charge is 0.141 e. The van der Waals surface area contributed by atoms with Crippen LogP contribution in [0.4, 0.5) is 4.39 Å². The first kappa shape index (κ1) is 14.3. The largest absolute Gasteiger partial charge is 0.271 e. The van der Waals surface area contributed by atoms with Crippen LogP contribution in [-0.2, 0) is 6.42 Å².